The number of H-pyrrole nitrogens is 1. The molecule has 33 heavy (non-hydrogen) atoms. The Balaban J connectivity index is 0.000000414. The van der Waals surface area contributed by atoms with Gasteiger partial charge in [0.15, 0.2) is 0 Å². The SMILES string of the molecule is CCOC(c1ccc(OC(F)(F)F)cc1)c1nc2cc(F)ccc2[nH]1.O=C(O)/C=C\C(=O)O. The zero-order chi connectivity index (χ0) is 24.6. The Bertz CT molecular complexity index is 1110. The van der Waals surface area contributed by atoms with Crippen LogP contribution in [0, 0.1) is 5.82 Å². The third-order valence-electron chi connectivity index (χ3n) is 3.83. The van der Waals surface area contributed by atoms with Crippen LogP contribution < -0.4 is 4.74 Å². The molecule has 3 rings (SSSR count). The third-order valence-corrected chi connectivity index (χ3v) is 3.83. The number of aliphatic carboxylic acids is 2. The first kappa shape index (κ1) is 25.3. The zero-order valence-corrected chi connectivity index (χ0v) is 17.0. The monoisotopic (exact) mass is 470 g/mol. The maximum absolute atomic E-state index is 13.3. The maximum atomic E-state index is 13.3. The molecule has 176 valence electrons. The molecule has 8 nitrogen and oxygen atoms in total. The first-order valence-electron chi connectivity index (χ1n) is 9.25. The van der Waals surface area contributed by atoms with Gasteiger partial charge in [-0.3, -0.25) is 0 Å². The highest BCUT2D eigenvalue weighted by Crippen LogP contribution is 2.29. The van der Waals surface area contributed by atoms with Crippen LogP contribution >= 0.6 is 0 Å². The number of ether oxygens (including phenoxy) is 2. The molecule has 1 aromatic heterocycles. The van der Waals surface area contributed by atoms with Gasteiger partial charge in [0.1, 0.15) is 23.5 Å². The van der Waals surface area contributed by atoms with Crippen LogP contribution in [-0.4, -0.2) is 45.1 Å². The molecule has 3 N–H and O–H groups in total. The zero-order valence-electron chi connectivity index (χ0n) is 17.0. The number of halogens is 4. The predicted octanol–water partition coefficient (Wildman–Crippen LogP) is 4.44. The van der Waals surface area contributed by atoms with Gasteiger partial charge in [0.2, 0.25) is 0 Å². The fourth-order valence-corrected chi connectivity index (χ4v) is 2.61. The Morgan fingerprint density at radius 3 is 2.21 bits per heavy atom. The lowest BCUT2D eigenvalue weighted by Gasteiger charge is -2.16. The van der Waals surface area contributed by atoms with Gasteiger partial charge in [0.25, 0.3) is 0 Å². The van der Waals surface area contributed by atoms with E-state index in [-0.39, 0.29) is 5.75 Å². The summed E-state index contributed by atoms with van der Waals surface area (Å²) in [5, 5.41) is 15.6. The lowest BCUT2D eigenvalue weighted by Crippen LogP contribution is -2.17. The molecule has 0 fully saturated rings. The van der Waals surface area contributed by atoms with Crippen LogP contribution in [0.5, 0.6) is 5.75 Å². The highest BCUT2D eigenvalue weighted by atomic mass is 19.4. The van der Waals surface area contributed by atoms with Gasteiger partial charge in [-0.25, -0.2) is 19.0 Å². The molecule has 1 heterocycles. The second-order valence-electron chi connectivity index (χ2n) is 6.25. The third kappa shape index (κ3) is 8.26. The van der Waals surface area contributed by atoms with Crippen LogP contribution in [-0.2, 0) is 14.3 Å². The van der Waals surface area contributed by atoms with E-state index in [1.807, 2.05) is 0 Å². The number of rotatable bonds is 7. The smallest absolute Gasteiger partial charge is 0.478 e. The number of benzene rings is 2. The number of hydrogen-bond acceptors (Lipinski definition) is 5. The molecule has 2 aromatic carbocycles. The lowest BCUT2D eigenvalue weighted by molar-refractivity contribution is -0.274. The number of alkyl halides is 3. The average Bonchev–Trinajstić information content (AvgIpc) is 3.13. The Labute approximate surface area is 184 Å². The Hall–Kier alpha value is -3.93. The summed E-state index contributed by atoms with van der Waals surface area (Å²) in [4.78, 5) is 26.5. The molecule has 0 bridgehead atoms. The number of carbonyl (C=O) groups is 2. The van der Waals surface area contributed by atoms with E-state index in [0.29, 0.717) is 41.2 Å². The van der Waals surface area contributed by atoms with E-state index in [1.165, 1.54) is 36.4 Å². The molecule has 0 saturated heterocycles. The molecule has 3 aromatic rings. The fourth-order valence-electron chi connectivity index (χ4n) is 2.61. The van der Waals surface area contributed by atoms with E-state index >= 15 is 0 Å². The van der Waals surface area contributed by atoms with Crippen molar-refractivity contribution < 1.29 is 46.8 Å². The average molecular weight is 470 g/mol. The van der Waals surface area contributed by atoms with Crippen LogP contribution in [0.25, 0.3) is 11.0 Å². The van der Waals surface area contributed by atoms with Crippen molar-refractivity contribution in [2.45, 2.75) is 19.4 Å². The van der Waals surface area contributed by atoms with E-state index in [0.717, 1.165) is 0 Å². The van der Waals surface area contributed by atoms with Crippen molar-refractivity contribution in [3.8, 4) is 5.75 Å². The maximum Gasteiger partial charge on any atom is 0.573 e. The van der Waals surface area contributed by atoms with E-state index in [1.54, 1.807) is 13.0 Å². The number of aromatic amines is 1. The molecule has 0 radical (unpaired) electrons. The normalized spacial score (nSPS) is 12.3. The van der Waals surface area contributed by atoms with E-state index < -0.39 is 30.2 Å². The van der Waals surface area contributed by atoms with Crippen molar-refractivity contribution in [1.82, 2.24) is 9.97 Å². The number of nitrogens with one attached hydrogen (secondary N) is 1. The molecule has 0 aliphatic heterocycles. The van der Waals surface area contributed by atoms with Gasteiger partial charge in [0, 0.05) is 24.8 Å². The summed E-state index contributed by atoms with van der Waals surface area (Å²) < 4.78 is 59.6. The molecule has 0 amide bonds. The van der Waals surface area contributed by atoms with Gasteiger partial charge in [0.05, 0.1) is 11.0 Å². The standard InChI is InChI=1S/C17H14F4N2O2.C4H4O4/c1-2-24-15(10-3-6-12(7-4-10)25-17(19,20)21)16-22-13-8-5-11(18)9-14(13)23-16;5-3(6)1-2-4(7)8/h3-9,15H,2H2,1H3,(H,22,23);1-2H,(H,5,6)(H,7,8)/b;2-1-. The minimum atomic E-state index is -4.75. The lowest BCUT2D eigenvalue weighted by atomic mass is 10.1. The van der Waals surface area contributed by atoms with Crippen LogP contribution in [0.1, 0.15) is 24.4 Å². The molecular weight excluding hydrogens is 452 g/mol. The molecule has 1 atom stereocenters. The molecule has 0 spiro atoms. The summed E-state index contributed by atoms with van der Waals surface area (Å²) in [6.07, 6.45) is -4.26. The largest absolute Gasteiger partial charge is 0.573 e. The van der Waals surface area contributed by atoms with Crippen LogP contribution in [0.4, 0.5) is 17.6 Å². The van der Waals surface area contributed by atoms with Crippen molar-refractivity contribution in [2.24, 2.45) is 0 Å². The van der Waals surface area contributed by atoms with E-state index in [4.69, 9.17) is 14.9 Å². The highest BCUT2D eigenvalue weighted by molar-refractivity contribution is 5.89. The van der Waals surface area contributed by atoms with Gasteiger partial charge in [-0.05, 0) is 36.8 Å². The molecule has 1 unspecified atom stereocenters. The van der Waals surface area contributed by atoms with Crippen molar-refractivity contribution in [3.63, 3.8) is 0 Å². The van der Waals surface area contributed by atoms with Crippen LogP contribution in [0.3, 0.4) is 0 Å². The second kappa shape index (κ2) is 11.1. The summed E-state index contributed by atoms with van der Waals surface area (Å²) in [6.45, 7) is 2.15. The van der Waals surface area contributed by atoms with Gasteiger partial charge in [-0.2, -0.15) is 0 Å². The van der Waals surface area contributed by atoms with Crippen molar-refractivity contribution in [2.75, 3.05) is 6.61 Å². The summed E-state index contributed by atoms with van der Waals surface area (Å²) in [7, 11) is 0. The summed E-state index contributed by atoms with van der Waals surface area (Å²) in [5.41, 5.74) is 1.67. The number of fused-ring (bicyclic) bond motifs is 1. The fraction of sp³-hybridized carbons (Fsp3) is 0.190. The molecular formula is C21H18F4N2O6. The number of hydrogen-bond donors (Lipinski definition) is 3. The molecule has 12 heteroatoms. The first-order valence-corrected chi connectivity index (χ1v) is 9.25. The van der Waals surface area contributed by atoms with Crippen molar-refractivity contribution in [3.05, 3.63) is 71.8 Å². The number of imidazole rings is 1. The number of carboxylic acid groups (broad SMARTS) is 2. The Morgan fingerprint density at radius 2 is 1.70 bits per heavy atom. The van der Waals surface area contributed by atoms with Gasteiger partial charge >= 0.3 is 18.3 Å². The first-order chi connectivity index (χ1) is 15.5. The minimum absolute atomic E-state index is 0.321. The summed E-state index contributed by atoms with van der Waals surface area (Å²) >= 11 is 0. The van der Waals surface area contributed by atoms with Crippen molar-refractivity contribution >= 4 is 23.0 Å². The molecule has 0 aliphatic rings. The van der Waals surface area contributed by atoms with Gasteiger partial charge in [-0.1, -0.05) is 12.1 Å². The Morgan fingerprint density at radius 1 is 1.09 bits per heavy atom. The van der Waals surface area contributed by atoms with Crippen molar-refractivity contribution in [1.29, 1.82) is 0 Å². The quantitative estimate of drug-likeness (QED) is 0.345. The van der Waals surface area contributed by atoms with Crippen LogP contribution in [0.15, 0.2) is 54.6 Å². The van der Waals surface area contributed by atoms with E-state index in [9.17, 15) is 27.2 Å². The number of carboxylic acids is 2. The molecule has 0 saturated carbocycles. The second-order valence-corrected chi connectivity index (χ2v) is 6.25. The van der Waals surface area contributed by atoms with Gasteiger partial charge in [-0.15, -0.1) is 13.2 Å². The molecule has 0 aliphatic carbocycles. The summed E-state index contributed by atoms with van der Waals surface area (Å²) in [5.74, 6) is -2.81. The topological polar surface area (TPSA) is 122 Å². The highest BCUT2D eigenvalue weighted by Gasteiger charge is 2.31. The van der Waals surface area contributed by atoms with E-state index in [2.05, 4.69) is 14.7 Å². The number of nitrogens with zero attached hydrogens (tertiary/aromatic N) is 1. The minimum Gasteiger partial charge on any atom is -0.478 e. The van der Waals surface area contributed by atoms with Crippen LogP contribution in [0.2, 0.25) is 0 Å². The van der Waals surface area contributed by atoms with Gasteiger partial charge < -0.3 is 24.7 Å². The Kier molecular flexibility index (Phi) is 8.51. The summed E-state index contributed by atoms with van der Waals surface area (Å²) in [6, 6.07) is 9.50. The predicted molar refractivity (Wildman–Crippen MR) is 107 cm³/mol. The number of aromatic nitrogens is 2.